The van der Waals surface area contributed by atoms with Crippen molar-refractivity contribution >= 4 is 49.9 Å². The van der Waals surface area contributed by atoms with Crippen LogP contribution in [0.2, 0.25) is 0 Å². The number of benzene rings is 8. The van der Waals surface area contributed by atoms with Gasteiger partial charge in [-0.25, -0.2) is 4.99 Å². The van der Waals surface area contributed by atoms with Gasteiger partial charge in [-0.3, -0.25) is 4.90 Å². The Morgan fingerprint density at radius 3 is 1.76 bits per heavy atom. The molecule has 0 aromatic heterocycles. The Hall–Kier alpha value is -6.25. The van der Waals surface area contributed by atoms with Crippen molar-refractivity contribution in [1.29, 1.82) is 0 Å². The van der Waals surface area contributed by atoms with Crippen LogP contribution in [0.15, 0.2) is 181 Å². The van der Waals surface area contributed by atoms with E-state index in [1.54, 1.807) is 0 Å². The summed E-state index contributed by atoms with van der Waals surface area (Å²) in [6, 6.07) is 59.8. The lowest BCUT2D eigenvalue weighted by atomic mass is 9.81. The van der Waals surface area contributed by atoms with Gasteiger partial charge in [0.05, 0.1) is 0 Å². The molecule has 238 valence electrons. The van der Waals surface area contributed by atoms with E-state index < -0.39 is 0 Å². The van der Waals surface area contributed by atoms with Crippen molar-refractivity contribution in [2.24, 2.45) is 4.99 Å². The quantitative estimate of drug-likeness (QED) is 0.165. The van der Waals surface area contributed by atoms with Gasteiger partial charge in [-0.05, 0) is 127 Å². The van der Waals surface area contributed by atoms with Crippen LogP contribution in [0.3, 0.4) is 0 Å². The van der Waals surface area contributed by atoms with E-state index in [9.17, 15) is 0 Å². The molecule has 0 N–H and O–H groups in total. The molecule has 0 fully saturated rings. The Morgan fingerprint density at radius 1 is 0.460 bits per heavy atom. The van der Waals surface area contributed by atoms with Crippen molar-refractivity contribution in [1.82, 2.24) is 0 Å². The van der Waals surface area contributed by atoms with E-state index in [-0.39, 0.29) is 0 Å². The fourth-order valence-electron chi connectivity index (χ4n) is 7.70. The van der Waals surface area contributed by atoms with Crippen LogP contribution in [0, 0.1) is 6.92 Å². The molecule has 2 heteroatoms. The van der Waals surface area contributed by atoms with Crippen LogP contribution in [-0.4, -0.2) is 6.21 Å². The van der Waals surface area contributed by atoms with Crippen LogP contribution in [-0.2, 0) is 0 Å². The van der Waals surface area contributed by atoms with Crippen molar-refractivity contribution in [2.45, 2.75) is 19.8 Å². The first-order valence-corrected chi connectivity index (χ1v) is 17.5. The molecule has 0 saturated heterocycles. The molecule has 0 saturated carbocycles. The topological polar surface area (TPSA) is 15.6 Å². The molecule has 0 spiro atoms. The van der Waals surface area contributed by atoms with Crippen LogP contribution in [0.1, 0.15) is 18.4 Å². The summed E-state index contributed by atoms with van der Waals surface area (Å²) < 4.78 is 0. The number of fused-ring (bicyclic) bond motifs is 6. The van der Waals surface area contributed by atoms with Crippen LogP contribution < -0.4 is 4.90 Å². The smallest absolute Gasteiger partial charge is 0.133 e. The Balaban J connectivity index is 1.45. The first-order chi connectivity index (χ1) is 24.7. The highest BCUT2D eigenvalue weighted by Gasteiger charge is 2.23. The Morgan fingerprint density at radius 2 is 1.08 bits per heavy atom. The van der Waals surface area contributed by atoms with Gasteiger partial charge in [-0.15, -0.1) is 0 Å². The zero-order valence-corrected chi connectivity index (χ0v) is 28.1. The fourth-order valence-corrected chi connectivity index (χ4v) is 7.70. The van der Waals surface area contributed by atoms with Crippen LogP contribution in [0.25, 0.3) is 65.7 Å². The van der Waals surface area contributed by atoms with Gasteiger partial charge in [0.25, 0.3) is 0 Å². The average Bonchev–Trinajstić information content (AvgIpc) is 3.19. The van der Waals surface area contributed by atoms with Gasteiger partial charge in [0.2, 0.25) is 0 Å². The first kappa shape index (κ1) is 29.9. The van der Waals surface area contributed by atoms with Crippen molar-refractivity contribution in [3.8, 4) is 33.4 Å². The molecule has 1 aliphatic rings. The lowest BCUT2D eigenvalue weighted by Gasteiger charge is -2.28. The molecular formula is C48H36N2. The van der Waals surface area contributed by atoms with E-state index in [2.05, 4.69) is 182 Å². The van der Waals surface area contributed by atoms with E-state index in [4.69, 9.17) is 4.99 Å². The van der Waals surface area contributed by atoms with E-state index in [0.717, 1.165) is 30.0 Å². The van der Waals surface area contributed by atoms with Gasteiger partial charge in [0, 0.05) is 17.6 Å². The lowest BCUT2D eigenvalue weighted by molar-refractivity contribution is 1.000. The molecular weight excluding hydrogens is 605 g/mol. The first-order valence-electron chi connectivity index (χ1n) is 17.5. The maximum absolute atomic E-state index is 4.91. The number of aliphatic imine (C=N–C) groups is 1. The van der Waals surface area contributed by atoms with Crippen LogP contribution in [0.4, 0.5) is 11.4 Å². The summed E-state index contributed by atoms with van der Waals surface area (Å²) >= 11 is 0. The second-order valence-electron chi connectivity index (χ2n) is 13.1. The SMILES string of the molecule is Cc1cccc(N(C2=CCCC=N2)c2ccc3c(c2)c2ccccc2c2c(-c4ccccc4)cc(-c4ccccc4)c(-c4ccccc4)c32)c1. The molecule has 8 aromatic rings. The predicted octanol–water partition coefficient (Wildman–Crippen LogP) is 13.3. The monoisotopic (exact) mass is 640 g/mol. The highest BCUT2D eigenvalue weighted by Crippen LogP contribution is 2.49. The summed E-state index contributed by atoms with van der Waals surface area (Å²) in [6.45, 7) is 2.15. The molecule has 1 aliphatic heterocycles. The van der Waals surface area contributed by atoms with Gasteiger partial charge in [-0.1, -0.05) is 133 Å². The summed E-state index contributed by atoms with van der Waals surface area (Å²) in [5.41, 5.74) is 10.8. The standard InChI is InChI=1S/C48H36N2/c1-33-16-15-23-37(30-33)50(45-26-13-14-29-49-45)38-27-28-41-44(31-38)39-24-11-12-25-40(39)47-43(35-19-7-3-8-20-35)32-42(34-17-5-2-6-18-34)46(48(41)47)36-21-9-4-10-22-36/h2-12,15-32H,13-14H2,1H3. The van der Waals surface area contributed by atoms with E-state index in [1.165, 1.54) is 71.3 Å². The zero-order chi connectivity index (χ0) is 33.4. The summed E-state index contributed by atoms with van der Waals surface area (Å²) in [5.74, 6) is 0.967. The van der Waals surface area contributed by atoms with Crippen molar-refractivity contribution in [2.75, 3.05) is 4.90 Å². The number of hydrogen-bond donors (Lipinski definition) is 0. The zero-order valence-electron chi connectivity index (χ0n) is 28.1. The Bertz CT molecular complexity index is 2580. The average molecular weight is 641 g/mol. The number of allylic oxidation sites excluding steroid dienone is 1. The number of anilines is 2. The highest BCUT2D eigenvalue weighted by atomic mass is 15.2. The van der Waals surface area contributed by atoms with Crippen molar-refractivity contribution in [3.63, 3.8) is 0 Å². The fraction of sp³-hybridized carbons (Fsp3) is 0.0625. The minimum absolute atomic E-state index is 0.967. The van der Waals surface area contributed by atoms with Gasteiger partial charge >= 0.3 is 0 Å². The van der Waals surface area contributed by atoms with Crippen LogP contribution in [0.5, 0.6) is 0 Å². The number of hydrogen-bond acceptors (Lipinski definition) is 2. The number of rotatable bonds is 6. The number of aryl methyl sites for hydroxylation is 1. The molecule has 2 nitrogen and oxygen atoms in total. The normalized spacial score (nSPS) is 12.8. The third kappa shape index (κ3) is 5.17. The van der Waals surface area contributed by atoms with Crippen molar-refractivity contribution < 1.29 is 0 Å². The van der Waals surface area contributed by atoms with E-state index >= 15 is 0 Å². The Kier molecular flexibility index (Phi) is 7.55. The molecule has 0 bridgehead atoms. The maximum atomic E-state index is 4.91. The van der Waals surface area contributed by atoms with Gasteiger partial charge < -0.3 is 0 Å². The lowest BCUT2D eigenvalue weighted by Crippen LogP contribution is -2.16. The van der Waals surface area contributed by atoms with Crippen LogP contribution >= 0.6 is 0 Å². The third-order valence-electron chi connectivity index (χ3n) is 9.91. The maximum Gasteiger partial charge on any atom is 0.133 e. The minimum Gasteiger partial charge on any atom is -0.295 e. The molecule has 50 heavy (non-hydrogen) atoms. The minimum atomic E-state index is 0.967. The third-order valence-corrected chi connectivity index (χ3v) is 9.91. The molecule has 8 aromatic carbocycles. The van der Waals surface area contributed by atoms with E-state index in [1.807, 2.05) is 6.21 Å². The molecule has 0 amide bonds. The molecule has 0 unspecified atom stereocenters. The summed E-state index contributed by atoms with van der Waals surface area (Å²) in [6.07, 6.45) is 6.25. The highest BCUT2D eigenvalue weighted by molar-refractivity contribution is 6.33. The molecule has 0 aliphatic carbocycles. The molecule has 0 atom stereocenters. The molecule has 1 heterocycles. The van der Waals surface area contributed by atoms with Crippen molar-refractivity contribution in [3.05, 3.63) is 181 Å². The molecule has 0 radical (unpaired) electrons. The summed E-state index contributed by atoms with van der Waals surface area (Å²) in [7, 11) is 0. The van der Waals surface area contributed by atoms with E-state index in [0.29, 0.717) is 0 Å². The summed E-state index contributed by atoms with van der Waals surface area (Å²) in [4.78, 5) is 7.23. The largest absolute Gasteiger partial charge is 0.295 e. The predicted molar refractivity (Wildman–Crippen MR) is 214 cm³/mol. The Labute approximate surface area is 293 Å². The second-order valence-corrected chi connectivity index (χ2v) is 13.1. The van der Waals surface area contributed by atoms with Gasteiger partial charge in [-0.2, -0.15) is 0 Å². The second kappa shape index (κ2) is 12.7. The van der Waals surface area contributed by atoms with Gasteiger partial charge in [0.1, 0.15) is 5.82 Å². The molecule has 9 rings (SSSR count). The summed E-state index contributed by atoms with van der Waals surface area (Å²) in [5, 5.41) is 7.51. The van der Waals surface area contributed by atoms with Gasteiger partial charge in [0.15, 0.2) is 0 Å². The number of nitrogens with zero attached hydrogens (tertiary/aromatic N) is 2.